The van der Waals surface area contributed by atoms with Gasteiger partial charge in [-0.05, 0) is 25.5 Å². The fourth-order valence-electron chi connectivity index (χ4n) is 3.55. The minimum atomic E-state index is -0.925. The molecule has 4 heterocycles. The highest BCUT2D eigenvalue weighted by Crippen LogP contribution is 2.33. The Kier molecular flexibility index (Phi) is 4.02. The number of carbonyl (C=O) groups is 2. The van der Waals surface area contributed by atoms with Gasteiger partial charge in [0, 0.05) is 37.0 Å². The van der Waals surface area contributed by atoms with Crippen LogP contribution in [0.25, 0.3) is 11.3 Å². The van der Waals surface area contributed by atoms with Crippen LogP contribution in [0.5, 0.6) is 5.75 Å². The van der Waals surface area contributed by atoms with E-state index in [4.69, 9.17) is 4.74 Å². The predicted molar refractivity (Wildman–Crippen MR) is 93.3 cm³/mol. The molecule has 0 aromatic carbocycles. The second-order valence-electron chi connectivity index (χ2n) is 6.61. The Morgan fingerprint density at radius 3 is 3.00 bits per heavy atom. The molecule has 1 fully saturated rings. The quantitative estimate of drug-likeness (QED) is 0.775. The molecule has 2 atom stereocenters. The van der Waals surface area contributed by atoms with Crippen molar-refractivity contribution in [3.05, 3.63) is 35.8 Å². The number of carboxylic acid groups (broad SMARTS) is 1. The summed E-state index contributed by atoms with van der Waals surface area (Å²) in [6.07, 6.45) is 3.60. The predicted octanol–water partition coefficient (Wildman–Crippen LogP) is 1.88. The van der Waals surface area contributed by atoms with Crippen LogP contribution in [-0.2, 0) is 6.42 Å². The number of aromatic amines is 1. The number of H-pyrrole nitrogens is 1. The number of nitrogens with zero attached hydrogens (tertiary/aromatic N) is 2. The molecule has 2 aliphatic rings. The summed E-state index contributed by atoms with van der Waals surface area (Å²) in [5.74, 6) is 0.487. The number of hydrogen-bond donors (Lipinski definition) is 3. The third-order valence-corrected chi connectivity index (χ3v) is 5.05. The van der Waals surface area contributed by atoms with Crippen LogP contribution >= 0.6 is 0 Å². The SMILES string of the molecule is C[C@@H](Oc1cnccc1-c1cc2c([nH]1)CCNC2=O)[C@H]1CCN1C(=O)O. The average Bonchev–Trinajstić information content (AvgIpc) is 2.99. The summed E-state index contributed by atoms with van der Waals surface area (Å²) in [6.45, 7) is 3.02. The van der Waals surface area contributed by atoms with Crippen molar-refractivity contribution in [2.24, 2.45) is 0 Å². The molecule has 1 saturated heterocycles. The molecule has 136 valence electrons. The zero-order valence-corrected chi connectivity index (χ0v) is 14.4. The third kappa shape index (κ3) is 2.77. The van der Waals surface area contributed by atoms with E-state index in [1.165, 1.54) is 4.90 Å². The van der Waals surface area contributed by atoms with Gasteiger partial charge in [-0.3, -0.25) is 9.78 Å². The van der Waals surface area contributed by atoms with Crippen molar-refractivity contribution in [3.63, 3.8) is 0 Å². The van der Waals surface area contributed by atoms with E-state index in [-0.39, 0.29) is 18.1 Å². The molecule has 26 heavy (non-hydrogen) atoms. The van der Waals surface area contributed by atoms with Gasteiger partial charge in [-0.2, -0.15) is 0 Å². The van der Waals surface area contributed by atoms with Crippen molar-refractivity contribution >= 4 is 12.0 Å². The molecule has 3 N–H and O–H groups in total. The van der Waals surface area contributed by atoms with Crippen molar-refractivity contribution < 1.29 is 19.4 Å². The normalized spacial score (nSPS) is 20.0. The van der Waals surface area contributed by atoms with E-state index >= 15 is 0 Å². The number of ether oxygens (including phenoxy) is 1. The number of rotatable bonds is 4. The Morgan fingerprint density at radius 1 is 1.46 bits per heavy atom. The molecule has 2 aliphatic heterocycles. The maximum Gasteiger partial charge on any atom is 0.407 e. The van der Waals surface area contributed by atoms with Crippen LogP contribution < -0.4 is 10.1 Å². The standard InChI is InChI=1S/C18H20N4O4/c1-10(15-4-7-22(15)18(24)25)26-16-9-19-5-2-11(16)14-8-12-13(21-14)3-6-20-17(12)23/h2,5,8-10,15,21H,3-4,6-7H2,1H3,(H,20,23)(H,24,25)/t10-,15-/m1/s1. The first-order chi connectivity index (χ1) is 12.5. The molecule has 0 unspecified atom stereocenters. The minimum Gasteiger partial charge on any atom is -0.486 e. The Bertz CT molecular complexity index is 863. The summed E-state index contributed by atoms with van der Waals surface area (Å²) >= 11 is 0. The molecule has 8 nitrogen and oxygen atoms in total. The molecule has 0 aliphatic carbocycles. The third-order valence-electron chi connectivity index (χ3n) is 5.05. The molecule has 0 bridgehead atoms. The number of carbonyl (C=O) groups excluding carboxylic acids is 1. The van der Waals surface area contributed by atoms with E-state index in [0.29, 0.717) is 24.4 Å². The van der Waals surface area contributed by atoms with Crippen LogP contribution in [0.15, 0.2) is 24.5 Å². The summed E-state index contributed by atoms with van der Waals surface area (Å²) in [6, 6.07) is 3.49. The number of nitrogens with one attached hydrogen (secondary N) is 2. The maximum absolute atomic E-state index is 12.0. The average molecular weight is 356 g/mol. The van der Waals surface area contributed by atoms with Crippen molar-refractivity contribution in [1.82, 2.24) is 20.2 Å². The molecular weight excluding hydrogens is 336 g/mol. The van der Waals surface area contributed by atoms with Gasteiger partial charge >= 0.3 is 6.09 Å². The van der Waals surface area contributed by atoms with Gasteiger partial charge in [0.25, 0.3) is 5.91 Å². The molecule has 0 saturated carbocycles. The number of amides is 2. The minimum absolute atomic E-state index is 0.0785. The highest BCUT2D eigenvalue weighted by atomic mass is 16.5. The maximum atomic E-state index is 12.0. The van der Waals surface area contributed by atoms with Crippen LogP contribution in [0.2, 0.25) is 0 Å². The first-order valence-corrected chi connectivity index (χ1v) is 8.65. The van der Waals surface area contributed by atoms with Gasteiger partial charge in [-0.15, -0.1) is 0 Å². The topological polar surface area (TPSA) is 108 Å². The molecule has 4 rings (SSSR count). The Hall–Kier alpha value is -3.03. The lowest BCUT2D eigenvalue weighted by Crippen LogP contribution is -2.56. The number of likely N-dealkylation sites (tertiary alicyclic amines) is 1. The van der Waals surface area contributed by atoms with Crippen molar-refractivity contribution in [3.8, 4) is 17.0 Å². The highest BCUT2D eigenvalue weighted by Gasteiger charge is 2.37. The van der Waals surface area contributed by atoms with Gasteiger partial charge < -0.3 is 25.0 Å². The summed E-state index contributed by atoms with van der Waals surface area (Å²) in [7, 11) is 0. The first kappa shape index (κ1) is 16.4. The molecule has 2 aromatic heterocycles. The largest absolute Gasteiger partial charge is 0.486 e. The zero-order chi connectivity index (χ0) is 18.3. The van der Waals surface area contributed by atoms with Crippen LogP contribution in [-0.4, -0.2) is 57.2 Å². The Labute approximate surface area is 150 Å². The summed E-state index contributed by atoms with van der Waals surface area (Å²) in [5, 5.41) is 12.0. The second-order valence-corrected chi connectivity index (χ2v) is 6.61. The monoisotopic (exact) mass is 356 g/mol. The molecule has 2 amide bonds. The summed E-state index contributed by atoms with van der Waals surface area (Å²) in [5.41, 5.74) is 3.16. The van der Waals surface area contributed by atoms with E-state index in [1.54, 1.807) is 12.4 Å². The fourth-order valence-corrected chi connectivity index (χ4v) is 3.55. The summed E-state index contributed by atoms with van der Waals surface area (Å²) in [4.78, 5) is 32.0. The van der Waals surface area contributed by atoms with Crippen molar-refractivity contribution in [2.75, 3.05) is 13.1 Å². The van der Waals surface area contributed by atoms with Crippen LogP contribution in [0.1, 0.15) is 29.4 Å². The molecule has 2 aromatic rings. The van der Waals surface area contributed by atoms with E-state index in [9.17, 15) is 14.7 Å². The van der Waals surface area contributed by atoms with E-state index in [2.05, 4.69) is 15.3 Å². The van der Waals surface area contributed by atoms with Gasteiger partial charge in [0.05, 0.1) is 23.5 Å². The molecular formula is C18H20N4O4. The second kappa shape index (κ2) is 6.36. The van der Waals surface area contributed by atoms with Crippen LogP contribution in [0.3, 0.4) is 0 Å². The number of aromatic nitrogens is 2. The number of fused-ring (bicyclic) bond motifs is 1. The smallest absolute Gasteiger partial charge is 0.407 e. The Balaban J connectivity index is 1.60. The van der Waals surface area contributed by atoms with Gasteiger partial charge in [-0.1, -0.05) is 0 Å². The van der Waals surface area contributed by atoms with Crippen molar-refractivity contribution in [2.45, 2.75) is 31.9 Å². The van der Waals surface area contributed by atoms with Crippen LogP contribution in [0.4, 0.5) is 4.79 Å². The zero-order valence-electron chi connectivity index (χ0n) is 14.4. The summed E-state index contributed by atoms with van der Waals surface area (Å²) < 4.78 is 6.06. The Morgan fingerprint density at radius 2 is 2.31 bits per heavy atom. The first-order valence-electron chi connectivity index (χ1n) is 8.65. The van der Waals surface area contributed by atoms with E-state index in [0.717, 1.165) is 29.8 Å². The molecule has 0 spiro atoms. The lowest BCUT2D eigenvalue weighted by molar-refractivity contribution is 0.0150. The van der Waals surface area contributed by atoms with Gasteiger partial charge in [0.15, 0.2) is 0 Å². The lowest BCUT2D eigenvalue weighted by Gasteiger charge is -2.42. The highest BCUT2D eigenvalue weighted by molar-refractivity contribution is 5.98. The van der Waals surface area contributed by atoms with Gasteiger partial charge in [0.1, 0.15) is 11.9 Å². The number of hydrogen-bond acceptors (Lipinski definition) is 4. The van der Waals surface area contributed by atoms with E-state index < -0.39 is 6.09 Å². The van der Waals surface area contributed by atoms with Crippen LogP contribution in [0, 0.1) is 0 Å². The van der Waals surface area contributed by atoms with E-state index in [1.807, 2.05) is 19.1 Å². The molecule has 8 heteroatoms. The lowest BCUT2D eigenvalue weighted by atomic mass is 9.99. The van der Waals surface area contributed by atoms with Crippen molar-refractivity contribution in [1.29, 1.82) is 0 Å². The fraction of sp³-hybridized carbons (Fsp3) is 0.389. The number of pyridine rings is 1. The molecule has 0 radical (unpaired) electrons. The van der Waals surface area contributed by atoms with Gasteiger partial charge in [-0.25, -0.2) is 4.79 Å². The van der Waals surface area contributed by atoms with Gasteiger partial charge in [0.2, 0.25) is 0 Å².